The molecule has 1 aliphatic heterocycles. The van der Waals surface area contributed by atoms with Crippen LogP contribution in [0, 0.1) is 0 Å². The first-order valence-electron chi connectivity index (χ1n) is 6.82. The average Bonchev–Trinajstić information content (AvgIpc) is 3.22. The van der Waals surface area contributed by atoms with Gasteiger partial charge in [0.1, 0.15) is 18.2 Å². The van der Waals surface area contributed by atoms with E-state index in [0.29, 0.717) is 13.2 Å². The van der Waals surface area contributed by atoms with Gasteiger partial charge in [-0.05, 0) is 35.9 Å². The van der Waals surface area contributed by atoms with E-state index >= 15 is 0 Å². The molecule has 2 aromatic heterocycles. The van der Waals surface area contributed by atoms with Crippen molar-refractivity contribution >= 4 is 34.4 Å². The van der Waals surface area contributed by atoms with Gasteiger partial charge in [0.25, 0.3) is 0 Å². The second kappa shape index (κ2) is 5.95. The molecule has 0 amide bonds. The maximum absolute atomic E-state index is 5.65. The molecule has 0 spiro atoms. The molecule has 3 nitrogen and oxygen atoms in total. The van der Waals surface area contributed by atoms with E-state index in [2.05, 4.69) is 23.1 Å². The van der Waals surface area contributed by atoms with Gasteiger partial charge in [-0.25, -0.2) is 4.98 Å². The molecule has 0 fully saturated rings. The van der Waals surface area contributed by atoms with Crippen LogP contribution in [0.25, 0.3) is 21.8 Å². The topological polar surface area (TPSA) is 31.4 Å². The number of rotatable bonds is 3. The van der Waals surface area contributed by atoms with Gasteiger partial charge in [-0.1, -0.05) is 0 Å². The van der Waals surface area contributed by atoms with Crippen molar-refractivity contribution < 1.29 is 9.47 Å². The molecule has 22 heavy (non-hydrogen) atoms. The van der Waals surface area contributed by atoms with Crippen LogP contribution < -0.4 is 9.47 Å². The molecule has 112 valence electrons. The number of benzene rings is 1. The molecule has 0 radical (unpaired) electrons. The van der Waals surface area contributed by atoms with Gasteiger partial charge in [-0.15, -0.1) is 34.4 Å². The molecule has 0 N–H and O–H groups in total. The van der Waals surface area contributed by atoms with Crippen molar-refractivity contribution in [3.8, 4) is 33.3 Å². The highest BCUT2D eigenvalue weighted by Crippen LogP contribution is 2.39. The first-order chi connectivity index (χ1) is 10.8. The lowest BCUT2D eigenvalue weighted by molar-refractivity contribution is 0.171. The Kier molecular flexibility index (Phi) is 3.82. The fraction of sp³-hybridized carbons (Fsp3) is 0.188. The molecule has 0 atom stereocenters. The molecular formula is C16H13NO2S3. The van der Waals surface area contributed by atoms with Crippen molar-refractivity contribution in [2.45, 2.75) is 4.21 Å². The van der Waals surface area contributed by atoms with Crippen LogP contribution in [0.4, 0.5) is 0 Å². The molecule has 0 saturated carbocycles. The monoisotopic (exact) mass is 347 g/mol. The van der Waals surface area contributed by atoms with Gasteiger partial charge in [0.15, 0.2) is 11.5 Å². The predicted molar refractivity (Wildman–Crippen MR) is 93.6 cm³/mol. The van der Waals surface area contributed by atoms with Gasteiger partial charge in [0, 0.05) is 16.5 Å². The summed E-state index contributed by atoms with van der Waals surface area (Å²) >= 11 is 5.21. The van der Waals surface area contributed by atoms with E-state index in [0.717, 1.165) is 27.8 Å². The summed E-state index contributed by atoms with van der Waals surface area (Å²) in [6.07, 6.45) is 2.10. The molecule has 1 aromatic carbocycles. The molecule has 1 aliphatic rings. The SMILES string of the molecule is CSc1sccc1-c1nc(-c2ccc3c(c2)OCCO3)cs1. The van der Waals surface area contributed by atoms with Crippen molar-refractivity contribution in [1.82, 2.24) is 4.98 Å². The molecular weight excluding hydrogens is 334 g/mol. The number of thiazole rings is 1. The molecule has 3 aromatic rings. The van der Waals surface area contributed by atoms with E-state index in [1.54, 1.807) is 34.4 Å². The van der Waals surface area contributed by atoms with Crippen molar-refractivity contribution in [3.63, 3.8) is 0 Å². The number of thiophene rings is 1. The van der Waals surface area contributed by atoms with Crippen LogP contribution in [0.15, 0.2) is 39.2 Å². The number of aromatic nitrogens is 1. The minimum Gasteiger partial charge on any atom is -0.486 e. The van der Waals surface area contributed by atoms with E-state index in [-0.39, 0.29) is 0 Å². The number of nitrogens with zero attached hydrogens (tertiary/aromatic N) is 1. The van der Waals surface area contributed by atoms with Gasteiger partial charge in [-0.2, -0.15) is 0 Å². The lowest BCUT2D eigenvalue weighted by Gasteiger charge is -2.18. The summed E-state index contributed by atoms with van der Waals surface area (Å²) in [5, 5.41) is 5.28. The fourth-order valence-corrected chi connectivity index (χ4v) is 4.89. The zero-order chi connectivity index (χ0) is 14.9. The zero-order valence-electron chi connectivity index (χ0n) is 11.9. The Balaban J connectivity index is 1.69. The lowest BCUT2D eigenvalue weighted by Crippen LogP contribution is -2.15. The van der Waals surface area contributed by atoms with Crippen LogP contribution in [0.3, 0.4) is 0 Å². The molecule has 3 heterocycles. The Hall–Kier alpha value is -1.50. The summed E-state index contributed by atoms with van der Waals surface area (Å²) < 4.78 is 12.5. The van der Waals surface area contributed by atoms with Gasteiger partial charge >= 0.3 is 0 Å². The second-order valence-electron chi connectivity index (χ2n) is 4.72. The number of hydrogen-bond donors (Lipinski definition) is 0. The lowest BCUT2D eigenvalue weighted by atomic mass is 10.1. The third-order valence-corrected chi connectivity index (χ3v) is 6.35. The smallest absolute Gasteiger partial charge is 0.162 e. The summed E-state index contributed by atoms with van der Waals surface area (Å²) in [4.78, 5) is 4.80. The fourth-order valence-electron chi connectivity index (χ4n) is 2.34. The molecule has 4 rings (SSSR count). The molecule has 6 heteroatoms. The zero-order valence-corrected chi connectivity index (χ0v) is 14.3. The van der Waals surface area contributed by atoms with Gasteiger partial charge in [0.2, 0.25) is 0 Å². The highest BCUT2D eigenvalue weighted by atomic mass is 32.2. The van der Waals surface area contributed by atoms with Crippen LogP contribution in [0.1, 0.15) is 0 Å². The van der Waals surface area contributed by atoms with E-state index in [4.69, 9.17) is 14.5 Å². The van der Waals surface area contributed by atoms with Crippen molar-refractivity contribution in [3.05, 3.63) is 35.0 Å². The summed E-state index contributed by atoms with van der Waals surface area (Å²) in [7, 11) is 0. The molecule has 0 bridgehead atoms. The average molecular weight is 347 g/mol. The maximum atomic E-state index is 5.65. The van der Waals surface area contributed by atoms with Crippen molar-refractivity contribution in [2.75, 3.05) is 19.5 Å². The van der Waals surface area contributed by atoms with Gasteiger partial charge < -0.3 is 9.47 Å². The minimum atomic E-state index is 0.602. The Labute approximate surface area is 140 Å². The van der Waals surface area contributed by atoms with Gasteiger partial charge in [0.05, 0.1) is 9.90 Å². The van der Waals surface area contributed by atoms with E-state index in [9.17, 15) is 0 Å². The standard InChI is InChI=1S/C16H13NO2S3/c1-20-16-11(4-7-21-16)15-17-12(9-22-15)10-2-3-13-14(8-10)19-6-5-18-13/h2-4,7-9H,5-6H2,1H3. The highest BCUT2D eigenvalue weighted by Gasteiger charge is 2.15. The number of hydrogen-bond acceptors (Lipinski definition) is 6. The van der Waals surface area contributed by atoms with Crippen LogP contribution in [-0.2, 0) is 0 Å². The first kappa shape index (κ1) is 14.1. The van der Waals surface area contributed by atoms with Gasteiger partial charge in [-0.3, -0.25) is 0 Å². The van der Waals surface area contributed by atoms with Crippen molar-refractivity contribution in [1.29, 1.82) is 0 Å². The number of ether oxygens (including phenoxy) is 2. The number of fused-ring (bicyclic) bond motifs is 1. The summed E-state index contributed by atoms with van der Waals surface area (Å²) in [6, 6.07) is 8.15. The van der Waals surface area contributed by atoms with Crippen LogP contribution in [0.2, 0.25) is 0 Å². The van der Waals surface area contributed by atoms with E-state index in [1.165, 1.54) is 9.77 Å². The Morgan fingerprint density at radius 2 is 1.95 bits per heavy atom. The van der Waals surface area contributed by atoms with Crippen LogP contribution >= 0.6 is 34.4 Å². The van der Waals surface area contributed by atoms with Crippen LogP contribution in [0.5, 0.6) is 11.5 Å². The molecule has 0 aliphatic carbocycles. The Morgan fingerprint density at radius 3 is 2.82 bits per heavy atom. The third kappa shape index (κ3) is 2.51. The highest BCUT2D eigenvalue weighted by molar-refractivity contribution is 8.00. The van der Waals surface area contributed by atoms with Crippen LogP contribution in [-0.4, -0.2) is 24.5 Å². The predicted octanol–water partition coefficient (Wildman–Crippen LogP) is 5.03. The largest absolute Gasteiger partial charge is 0.486 e. The van der Waals surface area contributed by atoms with Crippen molar-refractivity contribution in [2.24, 2.45) is 0 Å². The second-order valence-corrected chi connectivity index (χ2v) is 7.57. The molecule has 0 saturated heterocycles. The first-order valence-corrected chi connectivity index (χ1v) is 9.81. The minimum absolute atomic E-state index is 0.602. The maximum Gasteiger partial charge on any atom is 0.162 e. The van der Waals surface area contributed by atoms with E-state index < -0.39 is 0 Å². The van der Waals surface area contributed by atoms with E-state index in [1.807, 2.05) is 18.2 Å². The summed E-state index contributed by atoms with van der Waals surface area (Å²) in [5.41, 5.74) is 3.27. The third-order valence-electron chi connectivity index (χ3n) is 3.39. The summed E-state index contributed by atoms with van der Waals surface area (Å²) in [5.74, 6) is 1.62. The summed E-state index contributed by atoms with van der Waals surface area (Å²) in [6.45, 7) is 1.22. The quantitative estimate of drug-likeness (QED) is 0.622. The normalized spacial score (nSPS) is 13.3. The molecule has 0 unspecified atom stereocenters. The number of thioether (sulfide) groups is 1. The Bertz CT molecular complexity index is 809. The Morgan fingerprint density at radius 1 is 1.09 bits per heavy atom.